The molecule has 2 aromatic carbocycles. The number of nitrogens with zero attached hydrogens (tertiary/aromatic N) is 3. The number of amides is 1. The van der Waals surface area contributed by atoms with E-state index in [-0.39, 0.29) is 5.91 Å². The third-order valence-corrected chi connectivity index (χ3v) is 6.48. The van der Waals surface area contributed by atoms with Crippen LogP contribution in [0.3, 0.4) is 0 Å². The van der Waals surface area contributed by atoms with Gasteiger partial charge in [0.1, 0.15) is 11.4 Å². The number of nitrogens with one attached hydrogen (secondary N) is 1. The van der Waals surface area contributed by atoms with E-state index in [0.29, 0.717) is 22.1 Å². The smallest absolute Gasteiger partial charge is 0.261 e. The fraction of sp³-hybridized carbons (Fsp3) is 0.208. The first-order valence-electron chi connectivity index (χ1n) is 10.3. The maximum Gasteiger partial charge on any atom is 0.261 e. The molecule has 156 valence electrons. The van der Waals surface area contributed by atoms with Gasteiger partial charge >= 0.3 is 0 Å². The summed E-state index contributed by atoms with van der Waals surface area (Å²) in [6, 6.07) is 17.3. The molecule has 2 aromatic heterocycles. The molecule has 5 rings (SSSR count). The second-order valence-corrected chi connectivity index (χ2v) is 8.51. The van der Waals surface area contributed by atoms with E-state index >= 15 is 0 Å². The summed E-state index contributed by atoms with van der Waals surface area (Å²) in [5, 5.41) is 8.40. The molecule has 1 N–H and O–H groups in total. The summed E-state index contributed by atoms with van der Waals surface area (Å²) in [4.78, 5) is 19.3. The zero-order valence-corrected chi connectivity index (χ0v) is 18.0. The number of carbonyl (C=O) groups excluding carboxylic acids is 1. The van der Waals surface area contributed by atoms with Gasteiger partial charge in [-0.15, -0.1) is 11.3 Å². The van der Waals surface area contributed by atoms with Crippen LogP contribution in [0.5, 0.6) is 5.75 Å². The van der Waals surface area contributed by atoms with Crippen molar-refractivity contribution >= 4 is 22.4 Å². The maximum atomic E-state index is 13.3. The number of rotatable bonds is 5. The molecule has 0 saturated carbocycles. The van der Waals surface area contributed by atoms with Gasteiger partial charge in [-0.3, -0.25) is 10.1 Å². The molecule has 2 heterocycles. The lowest BCUT2D eigenvalue weighted by molar-refractivity contribution is 0.102. The second kappa shape index (κ2) is 8.35. The van der Waals surface area contributed by atoms with E-state index in [1.165, 1.54) is 11.3 Å². The van der Waals surface area contributed by atoms with E-state index in [1.807, 2.05) is 54.6 Å². The van der Waals surface area contributed by atoms with Crippen molar-refractivity contribution in [3.05, 3.63) is 76.9 Å². The molecule has 0 spiro atoms. The molecule has 0 saturated heterocycles. The van der Waals surface area contributed by atoms with Gasteiger partial charge in [0.25, 0.3) is 5.91 Å². The molecular formula is C24H22N4O2S. The fourth-order valence-electron chi connectivity index (χ4n) is 3.86. The Labute approximate surface area is 184 Å². The van der Waals surface area contributed by atoms with Crippen LogP contribution in [0.25, 0.3) is 16.9 Å². The highest BCUT2D eigenvalue weighted by atomic mass is 32.1. The molecule has 0 bridgehead atoms. The van der Waals surface area contributed by atoms with Crippen LogP contribution in [0, 0.1) is 0 Å². The van der Waals surface area contributed by atoms with Crippen molar-refractivity contribution in [2.75, 3.05) is 12.4 Å². The zero-order valence-electron chi connectivity index (χ0n) is 17.2. The minimum atomic E-state index is -0.228. The van der Waals surface area contributed by atoms with Gasteiger partial charge in [0.05, 0.1) is 24.1 Å². The monoisotopic (exact) mass is 430 g/mol. The lowest BCUT2D eigenvalue weighted by Crippen LogP contribution is -2.12. The van der Waals surface area contributed by atoms with Crippen LogP contribution in [-0.4, -0.2) is 27.8 Å². The molecular weight excluding hydrogens is 408 g/mol. The highest BCUT2D eigenvalue weighted by Crippen LogP contribution is 2.33. The highest BCUT2D eigenvalue weighted by Gasteiger charge is 2.23. The van der Waals surface area contributed by atoms with Crippen LogP contribution in [0.15, 0.2) is 60.8 Å². The van der Waals surface area contributed by atoms with Gasteiger partial charge in [-0.25, -0.2) is 9.67 Å². The number of thiazole rings is 1. The minimum absolute atomic E-state index is 0.228. The lowest BCUT2D eigenvalue weighted by Gasteiger charge is -2.07. The Bertz CT molecular complexity index is 1210. The first-order valence-corrected chi connectivity index (χ1v) is 11.1. The quantitative estimate of drug-likeness (QED) is 0.476. The molecule has 7 heteroatoms. The first kappa shape index (κ1) is 19.5. The normalized spacial score (nSPS) is 12.9. The Morgan fingerprint density at radius 1 is 1.06 bits per heavy atom. The Balaban J connectivity index is 1.55. The van der Waals surface area contributed by atoms with Crippen LogP contribution in [0.1, 0.15) is 33.8 Å². The fourth-order valence-corrected chi connectivity index (χ4v) is 4.91. The average molecular weight is 431 g/mol. The van der Waals surface area contributed by atoms with Crippen molar-refractivity contribution in [1.82, 2.24) is 14.8 Å². The van der Waals surface area contributed by atoms with Crippen molar-refractivity contribution < 1.29 is 9.53 Å². The molecule has 1 amide bonds. The number of carbonyl (C=O) groups is 1. The third-order valence-electron chi connectivity index (χ3n) is 5.41. The maximum absolute atomic E-state index is 13.3. The lowest BCUT2D eigenvalue weighted by atomic mass is 10.0. The van der Waals surface area contributed by atoms with Gasteiger partial charge in [0, 0.05) is 16.6 Å². The van der Waals surface area contributed by atoms with Crippen LogP contribution in [-0.2, 0) is 12.8 Å². The predicted octanol–water partition coefficient (Wildman–Crippen LogP) is 5.14. The Hall–Kier alpha value is -3.45. The number of aromatic nitrogens is 3. The van der Waals surface area contributed by atoms with Gasteiger partial charge in [-0.05, 0) is 49.9 Å². The molecule has 0 aliphatic heterocycles. The number of anilines is 1. The van der Waals surface area contributed by atoms with Crippen LogP contribution >= 0.6 is 11.3 Å². The van der Waals surface area contributed by atoms with Crippen LogP contribution < -0.4 is 10.1 Å². The number of hydrogen-bond acceptors (Lipinski definition) is 5. The largest absolute Gasteiger partial charge is 0.496 e. The molecule has 1 aliphatic rings. The van der Waals surface area contributed by atoms with Crippen molar-refractivity contribution in [3.63, 3.8) is 0 Å². The van der Waals surface area contributed by atoms with Crippen molar-refractivity contribution in [2.24, 2.45) is 0 Å². The minimum Gasteiger partial charge on any atom is -0.496 e. The van der Waals surface area contributed by atoms with Gasteiger partial charge in [-0.2, -0.15) is 5.10 Å². The van der Waals surface area contributed by atoms with E-state index in [2.05, 4.69) is 10.3 Å². The van der Waals surface area contributed by atoms with E-state index in [4.69, 9.17) is 9.84 Å². The van der Waals surface area contributed by atoms with E-state index in [9.17, 15) is 4.79 Å². The summed E-state index contributed by atoms with van der Waals surface area (Å²) in [7, 11) is 1.62. The second-order valence-electron chi connectivity index (χ2n) is 7.42. The zero-order chi connectivity index (χ0) is 21.2. The van der Waals surface area contributed by atoms with Gasteiger partial charge in [0.2, 0.25) is 0 Å². The van der Waals surface area contributed by atoms with Gasteiger partial charge in [-0.1, -0.05) is 30.3 Å². The van der Waals surface area contributed by atoms with Gasteiger partial charge < -0.3 is 4.74 Å². The van der Waals surface area contributed by atoms with Crippen molar-refractivity contribution in [1.29, 1.82) is 0 Å². The van der Waals surface area contributed by atoms with Crippen molar-refractivity contribution in [2.45, 2.75) is 25.7 Å². The number of hydrogen-bond donors (Lipinski definition) is 1. The SMILES string of the molecule is COc1ccccc1-c1nn(-c2ccccc2)cc1C(=O)Nc1nc2c(s1)CCCC2. The molecule has 0 fully saturated rings. The summed E-state index contributed by atoms with van der Waals surface area (Å²) >= 11 is 1.58. The number of para-hydroxylation sites is 2. The van der Waals surface area contributed by atoms with Crippen molar-refractivity contribution in [3.8, 4) is 22.7 Å². The number of benzene rings is 2. The Morgan fingerprint density at radius 3 is 2.65 bits per heavy atom. The topological polar surface area (TPSA) is 69.0 Å². The number of aryl methyl sites for hydroxylation is 2. The highest BCUT2D eigenvalue weighted by molar-refractivity contribution is 7.15. The molecule has 6 nitrogen and oxygen atoms in total. The molecule has 0 atom stereocenters. The summed E-state index contributed by atoms with van der Waals surface area (Å²) in [5.41, 5.74) is 3.81. The summed E-state index contributed by atoms with van der Waals surface area (Å²) in [5.74, 6) is 0.439. The Morgan fingerprint density at radius 2 is 1.84 bits per heavy atom. The van der Waals surface area contributed by atoms with E-state index in [0.717, 1.165) is 36.2 Å². The molecule has 31 heavy (non-hydrogen) atoms. The van der Waals surface area contributed by atoms with E-state index in [1.54, 1.807) is 29.3 Å². The third kappa shape index (κ3) is 3.84. The number of methoxy groups -OCH3 is 1. The summed E-state index contributed by atoms with van der Waals surface area (Å²) < 4.78 is 7.26. The summed E-state index contributed by atoms with van der Waals surface area (Å²) in [6.45, 7) is 0. The summed E-state index contributed by atoms with van der Waals surface area (Å²) in [6.07, 6.45) is 6.14. The molecule has 4 aromatic rings. The van der Waals surface area contributed by atoms with Crippen LogP contribution in [0.2, 0.25) is 0 Å². The number of ether oxygens (including phenoxy) is 1. The predicted molar refractivity (Wildman–Crippen MR) is 122 cm³/mol. The van der Waals surface area contributed by atoms with Crippen LogP contribution in [0.4, 0.5) is 5.13 Å². The first-order chi connectivity index (χ1) is 15.2. The average Bonchev–Trinajstić information content (AvgIpc) is 3.43. The molecule has 1 aliphatic carbocycles. The van der Waals surface area contributed by atoms with E-state index < -0.39 is 0 Å². The number of fused-ring (bicyclic) bond motifs is 1. The molecule has 0 radical (unpaired) electrons. The van der Waals surface area contributed by atoms with Gasteiger partial charge in [0.15, 0.2) is 5.13 Å². The molecule has 0 unspecified atom stereocenters. The Kier molecular flexibility index (Phi) is 5.26. The standard InChI is InChI=1S/C24H22N4O2S/c1-30-20-13-7-5-11-17(20)22-18(15-28(27-22)16-9-3-2-4-10-16)23(29)26-24-25-19-12-6-8-14-21(19)31-24/h2-5,7,9-11,13,15H,6,8,12,14H2,1H3,(H,25,26,29).